The van der Waals surface area contributed by atoms with Crippen molar-refractivity contribution in [2.24, 2.45) is 10.4 Å². The monoisotopic (exact) mass is 273 g/mol. The fraction of sp³-hybridized carbons (Fsp3) is 0.588. The van der Waals surface area contributed by atoms with Gasteiger partial charge in [0.05, 0.1) is 7.11 Å². The van der Waals surface area contributed by atoms with Gasteiger partial charge in [0.1, 0.15) is 11.3 Å². The Morgan fingerprint density at radius 1 is 1.35 bits per heavy atom. The Hall–Kier alpha value is -1.60. The number of methoxy groups -OCH3 is 1. The van der Waals surface area contributed by atoms with E-state index in [9.17, 15) is 4.79 Å². The zero-order chi connectivity index (χ0) is 14.8. The number of aliphatic imine (C=N–C) groups is 1. The molecule has 0 amide bonds. The van der Waals surface area contributed by atoms with Gasteiger partial charge in [-0.1, -0.05) is 26.8 Å². The van der Waals surface area contributed by atoms with Gasteiger partial charge in [0.25, 0.3) is 0 Å². The van der Waals surface area contributed by atoms with Crippen molar-refractivity contribution >= 4 is 6.08 Å². The summed E-state index contributed by atoms with van der Waals surface area (Å²) in [5.74, 6) is 0.821. The number of ether oxygens (including phenoxy) is 1. The molecule has 1 aromatic rings. The summed E-state index contributed by atoms with van der Waals surface area (Å²) in [6, 6.07) is 6.26. The first kappa shape index (κ1) is 14.8. The molecule has 20 heavy (non-hydrogen) atoms. The molecular formula is C17H23NO2. The Bertz CT molecular complexity index is 532. The fourth-order valence-electron chi connectivity index (χ4n) is 2.88. The zero-order valence-corrected chi connectivity index (χ0v) is 12.8. The lowest BCUT2D eigenvalue weighted by Gasteiger charge is -2.38. The van der Waals surface area contributed by atoms with E-state index in [0.717, 1.165) is 37.0 Å². The van der Waals surface area contributed by atoms with Crippen LogP contribution in [0.1, 0.15) is 51.2 Å². The van der Waals surface area contributed by atoms with Crippen molar-refractivity contribution in [3.05, 3.63) is 29.3 Å². The largest absolute Gasteiger partial charge is 0.496 e. The number of benzene rings is 1. The molecule has 0 heterocycles. The highest BCUT2D eigenvalue weighted by Crippen LogP contribution is 2.48. The van der Waals surface area contributed by atoms with Crippen molar-refractivity contribution in [3.63, 3.8) is 0 Å². The minimum Gasteiger partial charge on any atom is -0.496 e. The summed E-state index contributed by atoms with van der Waals surface area (Å²) >= 11 is 0. The molecule has 108 valence electrons. The quantitative estimate of drug-likeness (QED) is 0.614. The molecule has 0 atom stereocenters. The van der Waals surface area contributed by atoms with Crippen LogP contribution in [-0.2, 0) is 16.8 Å². The van der Waals surface area contributed by atoms with E-state index in [1.54, 1.807) is 13.2 Å². The third kappa shape index (κ3) is 2.94. The van der Waals surface area contributed by atoms with Crippen LogP contribution in [0.5, 0.6) is 5.75 Å². The summed E-state index contributed by atoms with van der Waals surface area (Å²) in [5, 5.41) is 0. The molecule has 1 saturated carbocycles. The maximum atomic E-state index is 10.8. The van der Waals surface area contributed by atoms with Crippen molar-refractivity contribution in [2.75, 3.05) is 7.11 Å². The predicted molar refractivity (Wildman–Crippen MR) is 79.8 cm³/mol. The summed E-state index contributed by atoms with van der Waals surface area (Å²) < 4.78 is 5.47. The molecular weight excluding hydrogens is 250 g/mol. The average molecular weight is 273 g/mol. The van der Waals surface area contributed by atoms with E-state index in [2.05, 4.69) is 37.9 Å². The zero-order valence-electron chi connectivity index (χ0n) is 12.8. The molecule has 0 unspecified atom stereocenters. The molecule has 0 aromatic heterocycles. The van der Waals surface area contributed by atoms with Crippen LogP contribution >= 0.6 is 0 Å². The fourth-order valence-corrected chi connectivity index (χ4v) is 2.88. The highest BCUT2D eigenvalue weighted by Gasteiger charge is 2.41. The Kier molecular flexibility index (Phi) is 4.01. The third-order valence-electron chi connectivity index (χ3n) is 3.94. The van der Waals surface area contributed by atoms with Gasteiger partial charge in [-0.05, 0) is 48.8 Å². The summed E-state index contributed by atoms with van der Waals surface area (Å²) in [7, 11) is 1.67. The van der Waals surface area contributed by atoms with Crippen LogP contribution < -0.4 is 4.74 Å². The molecule has 0 saturated heterocycles. The van der Waals surface area contributed by atoms with Crippen LogP contribution in [0, 0.1) is 5.41 Å². The number of isocyanates is 1. The van der Waals surface area contributed by atoms with E-state index in [1.165, 1.54) is 5.56 Å². The van der Waals surface area contributed by atoms with Crippen LogP contribution in [0.3, 0.4) is 0 Å². The number of rotatable bonds is 4. The lowest BCUT2D eigenvalue weighted by Crippen LogP contribution is -2.32. The van der Waals surface area contributed by atoms with E-state index in [0.29, 0.717) is 0 Å². The van der Waals surface area contributed by atoms with Gasteiger partial charge in [0, 0.05) is 5.56 Å². The van der Waals surface area contributed by atoms with Crippen molar-refractivity contribution in [2.45, 2.75) is 52.0 Å². The van der Waals surface area contributed by atoms with Crippen LogP contribution in [0.4, 0.5) is 0 Å². The Labute approximate surface area is 121 Å². The minimum absolute atomic E-state index is 0.229. The van der Waals surface area contributed by atoms with E-state index in [-0.39, 0.29) is 5.41 Å². The standard InChI is InChI=1S/C17H23NO2/c1-16(2,3)11-13-6-7-15(20-4)14(10-13)17(18-12-19)8-5-9-17/h6-7,10H,5,8-9,11H2,1-4H3. The molecule has 1 aliphatic carbocycles. The van der Waals surface area contributed by atoms with Gasteiger partial charge in [-0.25, -0.2) is 4.79 Å². The molecule has 1 fully saturated rings. The second-order valence-electron chi connectivity index (χ2n) is 6.86. The molecule has 0 N–H and O–H groups in total. The topological polar surface area (TPSA) is 38.7 Å². The minimum atomic E-state index is -0.402. The summed E-state index contributed by atoms with van der Waals surface area (Å²) in [4.78, 5) is 14.9. The van der Waals surface area contributed by atoms with Gasteiger partial charge in [-0.2, -0.15) is 4.99 Å². The van der Waals surface area contributed by atoms with Gasteiger partial charge in [-0.3, -0.25) is 0 Å². The predicted octanol–water partition coefficient (Wildman–Crippen LogP) is 4.00. The molecule has 3 nitrogen and oxygen atoms in total. The molecule has 0 spiro atoms. The van der Waals surface area contributed by atoms with Crippen molar-refractivity contribution in [1.29, 1.82) is 0 Å². The van der Waals surface area contributed by atoms with E-state index in [1.807, 2.05) is 6.07 Å². The normalized spacial score (nSPS) is 17.0. The Morgan fingerprint density at radius 2 is 2.05 bits per heavy atom. The van der Waals surface area contributed by atoms with Gasteiger partial charge < -0.3 is 4.74 Å². The maximum Gasteiger partial charge on any atom is 0.235 e. The average Bonchev–Trinajstić information content (AvgIpc) is 2.32. The molecule has 1 aliphatic rings. The smallest absolute Gasteiger partial charge is 0.235 e. The second kappa shape index (κ2) is 5.41. The first-order valence-electron chi connectivity index (χ1n) is 7.17. The van der Waals surface area contributed by atoms with Crippen LogP contribution in [0.2, 0.25) is 0 Å². The van der Waals surface area contributed by atoms with Gasteiger partial charge in [0.2, 0.25) is 6.08 Å². The first-order valence-corrected chi connectivity index (χ1v) is 7.17. The number of carbonyl (C=O) groups excluding carboxylic acids is 1. The molecule has 0 bridgehead atoms. The molecule has 1 aromatic carbocycles. The van der Waals surface area contributed by atoms with Crippen molar-refractivity contribution < 1.29 is 9.53 Å². The highest BCUT2D eigenvalue weighted by molar-refractivity contribution is 5.47. The Balaban J connectivity index is 2.44. The van der Waals surface area contributed by atoms with Crippen LogP contribution in [0.25, 0.3) is 0 Å². The van der Waals surface area contributed by atoms with Gasteiger partial charge >= 0.3 is 0 Å². The summed E-state index contributed by atoms with van der Waals surface area (Å²) in [5.41, 5.74) is 2.13. The maximum absolute atomic E-state index is 10.8. The van der Waals surface area contributed by atoms with Gasteiger partial charge in [0.15, 0.2) is 0 Å². The van der Waals surface area contributed by atoms with Gasteiger partial charge in [-0.15, -0.1) is 0 Å². The summed E-state index contributed by atoms with van der Waals surface area (Å²) in [6.07, 6.45) is 5.63. The second-order valence-corrected chi connectivity index (χ2v) is 6.86. The van der Waals surface area contributed by atoms with E-state index in [4.69, 9.17) is 4.74 Å². The van der Waals surface area contributed by atoms with E-state index >= 15 is 0 Å². The van der Waals surface area contributed by atoms with E-state index < -0.39 is 5.54 Å². The molecule has 0 radical (unpaired) electrons. The summed E-state index contributed by atoms with van der Waals surface area (Å²) in [6.45, 7) is 6.67. The molecule has 3 heteroatoms. The van der Waals surface area contributed by atoms with Crippen LogP contribution in [0.15, 0.2) is 23.2 Å². The van der Waals surface area contributed by atoms with Crippen molar-refractivity contribution in [1.82, 2.24) is 0 Å². The number of hydrogen-bond acceptors (Lipinski definition) is 3. The first-order chi connectivity index (χ1) is 9.40. The SMILES string of the molecule is COc1ccc(CC(C)(C)C)cc1C1(N=C=O)CCC1. The third-order valence-corrected chi connectivity index (χ3v) is 3.94. The molecule has 2 rings (SSSR count). The Morgan fingerprint density at radius 3 is 2.50 bits per heavy atom. The molecule has 0 aliphatic heterocycles. The highest BCUT2D eigenvalue weighted by atomic mass is 16.5. The lowest BCUT2D eigenvalue weighted by atomic mass is 9.71. The number of nitrogens with zero attached hydrogens (tertiary/aromatic N) is 1. The lowest BCUT2D eigenvalue weighted by molar-refractivity contribution is 0.245. The number of hydrogen-bond donors (Lipinski definition) is 0. The van der Waals surface area contributed by atoms with Crippen LogP contribution in [-0.4, -0.2) is 13.2 Å². The van der Waals surface area contributed by atoms with Crippen molar-refractivity contribution in [3.8, 4) is 5.75 Å².